The molecule has 0 spiro atoms. The van der Waals surface area contributed by atoms with E-state index in [1.807, 2.05) is 0 Å². The molecule has 136 valence electrons. The molecule has 1 fully saturated rings. The predicted molar refractivity (Wildman–Crippen MR) is 81.4 cm³/mol. The van der Waals surface area contributed by atoms with Gasteiger partial charge in [0.25, 0.3) is 0 Å². The standard InChI is InChI=1S/C14H11Cl2F3N2O4/c1-23-11(22)6-21-10-5-8(16)7(15)4-9(10)20-12(21)13(14(17,18)19)24-2-3-25-13/h4-5H,2-3,6H2,1H3. The number of fused-ring (bicyclic) bond motifs is 1. The molecule has 2 aromatic rings. The van der Waals surface area contributed by atoms with Gasteiger partial charge in [0, 0.05) is 0 Å². The first-order valence-corrected chi connectivity index (χ1v) is 7.72. The second-order valence-corrected chi connectivity index (χ2v) is 5.98. The van der Waals surface area contributed by atoms with Gasteiger partial charge in [-0.25, -0.2) is 4.98 Å². The number of halogens is 5. The van der Waals surface area contributed by atoms with Crippen LogP contribution >= 0.6 is 23.2 Å². The van der Waals surface area contributed by atoms with Gasteiger partial charge in [-0.1, -0.05) is 23.2 Å². The zero-order valence-corrected chi connectivity index (χ0v) is 14.2. The number of benzene rings is 1. The fourth-order valence-electron chi connectivity index (χ4n) is 2.56. The van der Waals surface area contributed by atoms with E-state index in [9.17, 15) is 18.0 Å². The van der Waals surface area contributed by atoms with Crippen LogP contribution in [0.5, 0.6) is 0 Å². The zero-order chi connectivity index (χ0) is 18.4. The molecule has 0 amide bonds. The Kier molecular flexibility index (Phi) is 4.61. The number of imidazole rings is 1. The van der Waals surface area contributed by atoms with Gasteiger partial charge in [-0.15, -0.1) is 0 Å². The summed E-state index contributed by atoms with van der Waals surface area (Å²) in [5, 5.41) is 0.207. The summed E-state index contributed by atoms with van der Waals surface area (Å²) in [4.78, 5) is 15.7. The van der Waals surface area contributed by atoms with Crippen LogP contribution in [0.3, 0.4) is 0 Å². The lowest BCUT2D eigenvalue weighted by molar-refractivity contribution is -0.356. The Morgan fingerprint density at radius 2 is 1.92 bits per heavy atom. The van der Waals surface area contributed by atoms with Gasteiger partial charge in [-0.05, 0) is 12.1 Å². The molecule has 1 aromatic heterocycles. The average Bonchev–Trinajstić information content (AvgIpc) is 3.14. The number of esters is 1. The van der Waals surface area contributed by atoms with Crippen molar-refractivity contribution in [2.24, 2.45) is 0 Å². The molecule has 25 heavy (non-hydrogen) atoms. The van der Waals surface area contributed by atoms with E-state index < -0.39 is 30.3 Å². The Labute approximate surface area is 149 Å². The van der Waals surface area contributed by atoms with Gasteiger partial charge in [0.15, 0.2) is 5.82 Å². The first-order valence-electron chi connectivity index (χ1n) is 6.97. The third-order valence-electron chi connectivity index (χ3n) is 3.67. The second-order valence-electron chi connectivity index (χ2n) is 5.16. The van der Waals surface area contributed by atoms with Crippen molar-refractivity contribution in [3.8, 4) is 0 Å². The highest BCUT2D eigenvalue weighted by Gasteiger charge is 2.64. The van der Waals surface area contributed by atoms with Crippen molar-refractivity contribution in [1.82, 2.24) is 9.55 Å². The molecule has 11 heteroatoms. The van der Waals surface area contributed by atoms with E-state index in [1.165, 1.54) is 12.1 Å². The fraction of sp³-hybridized carbons (Fsp3) is 0.429. The second kappa shape index (κ2) is 6.31. The first kappa shape index (κ1) is 18.2. The summed E-state index contributed by atoms with van der Waals surface area (Å²) >= 11 is 11.9. The zero-order valence-electron chi connectivity index (χ0n) is 12.7. The van der Waals surface area contributed by atoms with E-state index in [4.69, 9.17) is 32.7 Å². The first-order chi connectivity index (χ1) is 11.7. The summed E-state index contributed by atoms with van der Waals surface area (Å²) in [5.74, 6) is -4.49. The number of carbonyl (C=O) groups is 1. The smallest absolute Gasteiger partial charge is 0.451 e. The molecule has 0 unspecified atom stereocenters. The van der Waals surface area contributed by atoms with Crippen molar-refractivity contribution in [1.29, 1.82) is 0 Å². The van der Waals surface area contributed by atoms with Crippen LogP contribution in [0.15, 0.2) is 12.1 Å². The highest BCUT2D eigenvalue weighted by Crippen LogP contribution is 2.46. The average molecular weight is 399 g/mol. The lowest BCUT2D eigenvalue weighted by atomic mass is 10.2. The molecule has 1 saturated heterocycles. The van der Waals surface area contributed by atoms with Crippen molar-refractivity contribution in [2.45, 2.75) is 18.5 Å². The Bertz CT molecular complexity index is 832. The minimum absolute atomic E-state index is 0.0982. The maximum atomic E-state index is 13.7. The molecule has 0 N–H and O–H groups in total. The molecule has 2 heterocycles. The van der Waals surface area contributed by atoms with Crippen molar-refractivity contribution >= 4 is 40.2 Å². The topological polar surface area (TPSA) is 62.6 Å². The highest BCUT2D eigenvalue weighted by molar-refractivity contribution is 6.42. The summed E-state index contributed by atoms with van der Waals surface area (Å²) in [5.41, 5.74) is 0.272. The minimum Gasteiger partial charge on any atom is -0.468 e. The van der Waals surface area contributed by atoms with Crippen molar-refractivity contribution in [2.75, 3.05) is 20.3 Å². The Morgan fingerprint density at radius 3 is 2.48 bits per heavy atom. The van der Waals surface area contributed by atoms with Gasteiger partial charge in [0.05, 0.1) is 41.4 Å². The van der Waals surface area contributed by atoms with E-state index >= 15 is 0 Å². The number of rotatable bonds is 3. The van der Waals surface area contributed by atoms with Crippen molar-refractivity contribution in [3.63, 3.8) is 0 Å². The third-order valence-corrected chi connectivity index (χ3v) is 4.39. The molecule has 0 aliphatic carbocycles. The van der Waals surface area contributed by atoms with Gasteiger partial charge < -0.3 is 18.8 Å². The summed E-state index contributed by atoms with van der Waals surface area (Å²) in [6, 6.07) is 2.62. The molecule has 3 rings (SSSR count). The summed E-state index contributed by atoms with van der Waals surface area (Å²) in [6.45, 7) is -1.09. The summed E-state index contributed by atoms with van der Waals surface area (Å²) in [6.07, 6.45) is -4.92. The fourth-order valence-corrected chi connectivity index (χ4v) is 2.87. The van der Waals surface area contributed by atoms with E-state index in [-0.39, 0.29) is 34.3 Å². The predicted octanol–water partition coefficient (Wildman–Crippen LogP) is 3.28. The lowest BCUT2D eigenvalue weighted by Crippen LogP contribution is -2.46. The quantitative estimate of drug-likeness (QED) is 0.742. The number of aromatic nitrogens is 2. The Morgan fingerprint density at radius 1 is 1.32 bits per heavy atom. The molecule has 6 nitrogen and oxygen atoms in total. The Balaban J connectivity index is 2.29. The number of hydrogen-bond acceptors (Lipinski definition) is 5. The van der Waals surface area contributed by atoms with Crippen molar-refractivity contribution in [3.05, 3.63) is 28.0 Å². The van der Waals surface area contributed by atoms with Crippen LogP contribution in [0.1, 0.15) is 5.82 Å². The summed E-state index contributed by atoms with van der Waals surface area (Å²) in [7, 11) is 1.12. The third kappa shape index (κ3) is 2.95. The van der Waals surface area contributed by atoms with Gasteiger partial charge in [-0.2, -0.15) is 13.2 Å². The molecule has 1 aliphatic rings. The molecular weight excluding hydrogens is 388 g/mol. The highest BCUT2D eigenvalue weighted by atomic mass is 35.5. The van der Waals surface area contributed by atoms with Gasteiger partial charge >= 0.3 is 17.9 Å². The van der Waals surface area contributed by atoms with Crippen LogP contribution in [0.4, 0.5) is 13.2 Å². The maximum absolute atomic E-state index is 13.7. The van der Waals surface area contributed by atoms with Crippen LogP contribution < -0.4 is 0 Å². The molecule has 0 saturated carbocycles. The van der Waals surface area contributed by atoms with Crippen LogP contribution in [0.2, 0.25) is 10.0 Å². The monoisotopic (exact) mass is 398 g/mol. The minimum atomic E-state index is -4.92. The molecular formula is C14H11Cl2F3N2O4. The molecule has 1 aliphatic heterocycles. The number of carbonyl (C=O) groups excluding carboxylic acids is 1. The van der Waals surface area contributed by atoms with Crippen LogP contribution in [0, 0.1) is 0 Å². The maximum Gasteiger partial charge on any atom is 0.451 e. The number of hydrogen-bond donors (Lipinski definition) is 0. The number of methoxy groups -OCH3 is 1. The molecule has 0 bridgehead atoms. The van der Waals surface area contributed by atoms with E-state index in [0.717, 1.165) is 11.7 Å². The number of nitrogens with zero attached hydrogens (tertiary/aromatic N) is 2. The molecule has 0 radical (unpaired) electrons. The van der Waals surface area contributed by atoms with Gasteiger partial charge in [0.1, 0.15) is 6.54 Å². The summed E-state index contributed by atoms with van der Waals surface area (Å²) < 4.78 is 56.5. The number of alkyl halides is 3. The number of ether oxygens (including phenoxy) is 3. The van der Waals surface area contributed by atoms with E-state index in [2.05, 4.69) is 9.72 Å². The van der Waals surface area contributed by atoms with Crippen LogP contribution in [-0.2, 0) is 31.3 Å². The van der Waals surface area contributed by atoms with Gasteiger partial charge in [0.2, 0.25) is 0 Å². The largest absolute Gasteiger partial charge is 0.468 e. The normalized spacial score (nSPS) is 17.2. The molecule has 1 aromatic carbocycles. The molecule has 0 atom stereocenters. The van der Waals surface area contributed by atoms with Crippen molar-refractivity contribution < 1.29 is 32.2 Å². The van der Waals surface area contributed by atoms with Gasteiger partial charge in [-0.3, -0.25) is 4.79 Å². The van der Waals surface area contributed by atoms with E-state index in [1.54, 1.807) is 0 Å². The van der Waals surface area contributed by atoms with Crippen LogP contribution in [-0.4, -0.2) is 42.0 Å². The lowest BCUT2D eigenvalue weighted by Gasteiger charge is -2.29. The van der Waals surface area contributed by atoms with Crippen LogP contribution in [0.25, 0.3) is 11.0 Å². The Hall–Kier alpha value is -1.55. The van der Waals surface area contributed by atoms with E-state index in [0.29, 0.717) is 0 Å². The SMILES string of the molecule is COC(=O)Cn1c(C2(C(F)(F)F)OCCO2)nc2cc(Cl)c(Cl)cc21.